The summed E-state index contributed by atoms with van der Waals surface area (Å²) < 4.78 is 0. The second-order valence-electron chi connectivity index (χ2n) is 7.52. The quantitative estimate of drug-likeness (QED) is 0.592. The van der Waals surface area contributed by atoms with E-state index >= 15 is 0 Å². The van der Waals surface area contributed by atoms with Gasteiger partial charge in [0, 0.05) is 11.5 Å². The number of piperidine rings is 1. The van der Waals surface area contributed by atoms with E-state index in [0.717, 1.165) is 6.42 Å². The maximum Gasteiger partial charge on any atom is 0.335 e. The van der Waals surface area contributed by atoms with Crippen molar-refractivity contribution >= 4 is 11.9 Å². The predicted octanol–water partition coefficient (Wildman–Crippen LogP) is 3.31. The molecular formula is C20H30NO6+. The van der Waals surface area contributed by atoms with Crippen LogP contribution in [0.2, 0.25) is 0 Å². The van der Waals surface area contributed by atoms with Gasteiger partial charge in [-0.1, -0.05) is 13.8 Å². The summed E-state index contributed by atoms with van der Waals surface area (Å²) in [6, 6.07) is 5.02. The van der Waals surface area contributed by atoms with Crippen molar-refractivity contribution in [3.8, 4) is 0 Å². The number of hydrogen-bond acceptors (Lipinski definition) is 5. The van der Waals surface area contributed by atoms with Crippen LogP contribution in [-0.2, 0) is 0 Å². The van der Waals surface area contributed by atoms with Crippen molar-refractivity contribution in [3.63, 3.8) is 0 Å². The molecule has 4 atom stereocenters. The lowest BCUT2D eigenvalue weighted by molar-refractivity contribution is -0.285. The number of benzene rings is 1. The Morgan fingerprint density at radius 2 is 1.56 bits per heavy atom. The second kappa shape index (κ2) is 8.73. The van der Waals surface area contributed by atoms with Gasteiger partial charge >= 0.3 is 11.9 Å². The average Bonchev–Trinajstić information content (AvgIpc) is 2.65. The minimum Gasteiger partial charge on any atom is -0.478 e. The van der Waals surface area contributed by atoms with Gasteiger partial charge in [0.15, 0.2) is 0 Å². The van der Waals surface area contributed by atoms with Crippen LogP contribution in [0.25, 0.3) is 0 Å². The Hall–Kier alpha value is -2.09. The minimum absolute atomic E-state index is 0.0413. The molecule has 0 aliphatic carbocycles. The summed E-state index contributed by atoms with van der Waals surface area (Å²) in [7, 11) is 0. The highest BCUT2D eigenvalue weighted by Crippen LogP contribution is 2.43. The van der Waals surface area contributed by atoms with Crippen LogP contribution in [0, 0.1) is 12.8 Å². The molecule has 7 nitrogen and oxygen atoms in total. The molecule has 2 rings (SSSR count). The third-order valence-corrected chi connectivity index (χ3v) is 5.85. The standard InChI is InChI=1S/C12H24NO2.C8H6O4/c1-6-11(4)8-10(14)9(3)12(5,7-2)13(11)15;9-7(10)5-1-2-6(4-3-5)8(11)12/h9-10,14-15H,2,6-8H2,1,3-5H3;1-4H,(H,9,10)(H,11,12)/q+1;. The molecule has 1 aromatic carbocycles. The van der Waals surface area contributed by atoms with Crippen molar-refractivity contribution in [3.05, 3.63) is 42.3 Å². The first-order valence-corrected chi connectivity index (χ1v) is 8.96. The predicted molar refractivity (Wildman–Crippen MR) is 101 cm³/mol. The van der Waals surface area contributed by atoms with Gasteiger partial charge in [-0.25, -0.2) is 9.59 Å². The molecule has 150 valence electrons. The van der Waals surface area contributed by atoms with Crippen molar-refractivity contribution in [2.24, 2.45) is 5.92 Å². The number of carboxylic acids is 2. The van der Waals surface area contributed by atoms with Gasteiger partial charge in [-0.3, -0.25) is 0 Å². The number of rotatable bonds is 4. The molecule has 0 saturated carbocycles. The Kier molecular flexibility index (Phi) is 7.42. The Labute approximate surface area is 160 Å². The fourth-order valence-electron chi connectivity index (χ4n) is 3.32. The highest BCUT2D eigenvalue weighted by molar-refractivity contribution is 5.91. The molecule has 27 heavy (non-hydrogen) atoms. The smallest absolute Gasteiger partial charge is 0.335 e. The molecule has 0 aromatic heterocycles. The Balaban J connectivity index is 0.000000277. The second-order valence-corrected chi connectivity index (χ2v) is 7.52. The molecule has 0 spiro atoms. The molecule has 1 aromatic rings. The molecule has 1 fully saturated rings. The van der Waals surface area contributed by atoms with E-state index in [0.29, 0.717) is 12.8 Å². The van der Waals surface area contributed by atoms with E-state index in [2.05, 4.69) is 6.92 Å². The van der Waals surface area contributed by atoms with Crippen LogP contribution in [0.15, 0.2) is 24.3 Å². The van der Waals surface area contributed by atoms with Crippen LogP contribution < -0.4 is 0 Å². The lowest BCUT2D eigenvalue weighted by Gasteiger charge is -2.54. The molecule has 1 aliphatic heterocycles. The number of aliphatic hydroxyl groups excluding tert-OH is 1. The molecule has 0 amide bonds. The van der Waals surface area contributed by atoms with E-state index < -0.39 is 17.5 Å². The molecule has 0 bridgehead atoms. The lowest BCUT2D eigenvalue weighted by Crippen LogP contribution is -2.66. The SMILES string of the molecule is O=C(O)c1ccc(C(=O)O)cc1.[CH2+]CC1(C)C(C)C(O)CC(C)(CC)N1O. The molecular weight excluding hydrogens is 350 g/mol. The maximum absolute atomic E-state index is 10.3. The number of carboxylic acid groups (broad SMARTS) is 2. The topological polar surface area (TPSA) is 118 Å². The number of nitrogens with zero attached hydrogens (tertiary/aromatic N) is 1. The van der Waals surface area contributed by atoms with Crippen LogP contribution in [0.1, 0.15) is 67.7 Å². The van der Waals surface area contributed by atoms with E-state index in [1.165, 1.54) is 29.3 Å². The summed E-state index contributed by atoms with van der Waals surface area (Å²) in [5.41, 5.74) is -0.596. The van der Waals surface area contributed by atoms with Crippen molar-refractivity contribution < 1.29 is 30.1 Å². The fourth-order valence-corrected chi connectivity index (χ4v) is 3.32. The fraction of sp³-hybridized carbons (Fsp3) is 0.550. The van der Waals surface area contributed by atoms with E-state index in [9.17, 15) is 19.9 Å². The van der Waals surface area contributed by atoms with Gasteiger partial charge in [0.25, 0.3) is 0 Å². The van der Waals surface area contributed by atoms with E-state index in [1.807, 2.05) is 27.7 Å². The Morgan fingerprint density at radius 1 is 1.15 bits per heavy atom. The van der Waals surface area contributed by atoms with Crippen molar-refractivity contribution in [2.45, 2.75) is 64.1 Å². The molecule has 4 unspecified atom stereocenters. The van der Waals surface area contributed by atoms with Crippen molar-refractivity contribution in [1.29, 1.82) is 0 Å². The van der Waals surface area contributed by atoms with E-state index in [-0.39, 0.29) is 28.7 Å². The van der Waals surface area contributed by atoms with E-state index in [1.54, 1.807) is 0 Å². The van der Waals surface area contributed by atoms with Crippen LogP contribution >= 0.6 is 0 Å². The van der Waals surface area contributed by atoms with Gasteiger partial charge in [0.05, 0.1) is 29.7 Å². The lowest BCUT2D eigenvalue weighted by atomic mass is 9.69. The maximum atomic E-state index is 10.3. The number of hydrogen-bond donors (Lipinski definition) is 4. The van der Waals surface area contributed by atoms with Crippen LogP contribution in [0.3, 0.4) is 0 Å². The summed E-state index contributed by atoms with van der Waals surface area (Å²) in [6.45, 7) is 11.9. The summed E-state index contributed by atoms with van der Waals surface area (Å²) in [5.74, 6) is -2.08. The van der Waals surface area contributed by atoms with Gasteiger partial charge in [-0.15, -0.1) is 0 Å². The Morgan fingerprint density at radius 3 is 1.85 bits per heavy atom. The first-order valence-electron chi connectivity index (χ1n) is 8.96. The third kappa shape index (κ3) is 4.80. The van der Waals surface area contributed by atoms with E-state index in [4.69, 9.17) is 10.2 Å². The zero-order valence-electron chi connectivity index (χ0n) is 16.3. The van der Waals surface area contributed by atoms with Gasteiger partial charge in [-0.2, -0.15) is 5.06 Å². The average molecular weight is 380 g/mol. The molecule has 7 heteroatoms. The van der Waals surface area contributed by atoms with Gasteiger partial charge in [-0.05, 0) is 51.0 Å². The normalized spacial score (nSPS) is 30.9. The highest BCUT2D eigenvalue weighted by atomic mass is 16.5. The van der Waals surface area contributed by atoms with Crippen molar-refractivity contribution in [2.75, 3.05) is 0 Å². The number of carbonyl (C=O) groups is 2. The first-order chi connectivity index (χ1) is 12.4. The van der Waals surface area contributed by atoms with Crippen molar-refractivity contribution in [1.82, 2.24) is 5.06 Å². The zero-order chi connectivity index (χ0) is 21.0. The monoisotopic (exact) mass is 380 g/mol. The summed E-state index contributed by atoms with van der Waals surface area (Å²) in [4.78, 5) is 20.7. The Bertz CT molecular complexity index is 628. The highest BCUT2D eigenvalue weighted by Gasteiger charge is 2.53. The van der Waals surface area contributed by atoms with Crippen LogP contribution in [-0.4, -0.2) is 54.7 Å². The number of aromatic carboxylic acids is 2. The number of hydroxylamine groups is 2. The van der Waals surface area contributed by atoms with Crippen LogP contribution in [0.4, 0.5) is 0 Å². The number of aliphatic hydroxyl groups is 1. The zero-order valence-corrected chi connectivity index (χ0v) is 16.3. The first kappa shape index (κ1) is 23.0. The summed E-state index contributed by atoms with van der Waals surface area (Å²) in [6.07, 6.45) is 1.68. The molecule has 4 N–H and O–H groups in total. The van der Waals surface area contributed by atoms with Crippen LogP contribution in [0.5, 0.6) is 0 Å². The summed E-state index contributed by atoms with van der Waals surface area (Å²) in [5, 5.41) is 38.7. The van der Waals surface area contributed by atoms with Gasteiger partial charge in [0.2, 0.25) is 0 Å². The molecule has 1 saturated heterocycles. The van der Waals surface area contributed by atoms with Gasteiger partial charge < -0.3 is 20.5 Å². The molecule has 0 radical (unpaired) electrons. The summed E-state index contributed by atoms with van der Waals surface area (Å²) >= 11 is 0. The van der Waals surface area contributed by atoms with Gasteiger partial charge in [0.1, 0.15) is 6.42 Å². The largest absolute Gasteiger partial charge is 0.478 e. The molecule has 1 aliphatic rings. The third-order valence-electron chi connectivity index (χ3n) is 5.85. The minimum atomic E-state index is -1.06. The molecule has 1 heterocycles.